The number of aliphatic hydroxyl groups is 3. The fraction of sp³-hybridized carbons (Fsp3) is 0.353. The van der Waals surface area contributed by atoms with Crippen molar-refractivity contribution in [1.29, 1.82) is 0 Å². The second-order valence-electron chi connectivity index (χ2n) is 6.96. The first-order chi connectivity index (χ1) is 14.3. The molecule has 1 aliphatic heterocycles. The number of fused-ring (bicyclic) bond motifs is 1. The molecule has 0 amide bonds. The molecule has 4 rings (SSSR count). The molecule has 3 heterocycles. The van der Waals surface area contributed by atoms with Crippen molar-refractivity contribution >= 4 is 35.0 Å². The fourth-order valence-corrected chi connectivity index (χ4v) is 3.95. The number of aromatic amines is 1. The monoisotopic (exact) mass is 434 g/mol. The van der Waals surface area contributed by atoms with Gasteiger partial charge in [0.25, 0.3) is 5.69 Å². The predicted octanol–water partition coefficient (Wildman–Crippen LogP) is -0.0123. The smallest absolute Gasteiger partial charge is 0.269 e. The Morgan fingerprint density at radius 1 is 1.37 bits per heavy atom. The van der Waals surface area contributed by atoms with Gasteiger partial charge in [-0.05, 0) is 5.56 Å². The van der Waals surface area contributed by atoms with E-state index in [1.54, 1.807) is 0 Å². The van der Waals surface area contributed by atoms with Crippen molar-refractivity contribution in [3.63, 3.8) is 0 Å². The van der Waals surface area contributed by atoms with Crippen molar-refractivity contribution in [3.05, 3.63) is 50.9 Å². The SMILES string of the molecule is Nc1nc(=S)c2ncn([C@]3(Cc4ccc([N+](=O)[O-])cc4)O[C@H](CO)[C@@H](O)[C@H]3O)c2[nH]1. The van der Waals surface area contributed by atoms with Gasteiger partial charge in [-0.15, -0.1) is 0 Å². The number of aliphatic hydroxyl groups excluding tert-OH is 3. The lowest BCUT2D eigenvalue weighted by Gasteiger charge is -2.34. The average Bonchev–Trinajstić information content (AvgIpc) is 3.24. The van der Waals surface area contributed by atoms with Crippen LogP contribution >= 0.6 is 12.2 Å². The highest BCUT2D eigenvalue weighted by Gasteiger charge is 2.55. The second kappa shape index (κ2) is 7.37. The molecule has 30 heavy (non-hydrogen) atoms. The van der Waals surface area contributed by atoms with Gasteiger partial charge in [0.2, 0.25) is 0 Å². The first-order valence-corrected chi connectivity index (χ1v) is 9.29. The van der Waals surface area contributed by atoms with Gasteiger partial charge in [0, 0.05) is 18.6 Å². The van der Waals surface area contributed by atoms with Gasteiger partial charge < -0.3 is 30.8 Å². The van der Waals surface area contributed by atoms with Crippen molar-refractivity contribution in [3.8, 4) is 0 Å². The number of benzene rings is 1. The number of nitrogens with zero attached hydrogens (tertiary/aromatic N) is 4. The van der Waals surface area contributed by atoms with E-state index in [2.05, 4.69) is 15.0 Å². The van der Waals surface area contributed by atoms with Crippen LogP contribution in [0.15, 0.2) is 30.6 Å². The van der Waals surface area contributed by atoms with E-state index in [0.29, 0.717) is 16.7 Å². The third-order valence-corrected chi connectivity index (χ3v) is 5.44. The Balaban J connectivity index is 1.87. The first-order valence-electron chi connectivity index (χ1n) is 8.88. The number of imidazole rings is 1. The van der Waals surface area contributed by atoms with Gasteiger partial charge >= 0.3 is 0 Å². The minimum absolute atomic E-state index is 0.00594. The zero-order chi connectivity index (χ0) is 21.6. The van der Waals surface area contributed by atoms with E-state index in [1.807, 2.05) is 0 Å². The average molecular weight is 434 g/mol. The Kier molecular flexibility index (Phi) is 4.99. The molecule has 3 aromatic rings. The number of nitrogen functional groups attached to an aromatic ring is 1. The molecule has 0 radical (unpaired) electrons. The van der Waals surface area contributed by atoms with Crippen LogP contribution in [0.3, 0.4) is 0 Å². The molecular formula is C17H18N6O6S. The Morgan fingerprint density at radius 2 is 2.07 bits per heavy atom. The van der Waals surface area contributed by atoms with Crippen LogP contribution in [-0.2, 0) is 16.9 Å². The van der Waals surface area contributed by atoms with Crippen LogP contribution in [-0.4, -0.2) is 64.7 Å². The zero-order valence-corrected chi connectivity index (χ0v) is 16.2. The predicted molar refractivity (Wildman–Crippen MR) is 106 cm³/mol. The van der Waals surface area contributed by atoms with E-state index in [0.717, 1.165) is 0 Å². The van der Waals surface area contributed by atoms with Crippen molar-refractivity contribution in [1.82, 2.24) is 19.5 Å². The normalized spacial score (nSPS) is 26.3. The van der Waals surface area contributed by atoms with E-state index in [1.165, 1.54) is 35.2 Å². The number of nitro groups is 1. The molecule has 12 nitrogen and oxygen atoms in total. The quantitative estimate of drug-likeness (QED) is 0.208. The molecular weight excluding hydrogens is 416 g/mol. The summed E-state index contributed by atoms with van der Waals surface area (Å²) in [6, 6.07) is 5.69. The molecule has 0 spiro atoms. The number of anilines is 1. The van der Waals surface area contributed by atoms with E-state index in [4.69, 9.17) is 22.7 Å². The van der Waals surface area contributed by atoms with E-state index < -0.39 is 35.6 Å². The highest BCUT2D eigenvalue weighted by molar-refractivity contribution is 7.71. The number of hydrogen-bond donors (Lipinski definition) is 5. The third-order valence-electron chi connectivity index (χ3n) is 5.15. The molecule has 1 aromatic carbocycles. The van der Waals surface area contributed by atoms with Gasteiger partial charge in [-0.25, -0.2) is 9.97 Å². The molecule has 6 N–H and O–H groups in total. The molecule has 158 valence electrons. The number of non-ortho nitro benzene ring substituents is 1. The molecule has 13 heteroatoms. The van der Waals surface area contributed by atoms with Crippen LogP contribution in [0.4, 0.5) is 11.6 Å². The van der Waals surface area contributed by atoms with E-state index in [9.17, 15) is 25.4 Å². The maximum Gasteiger partial charge on any atom is 0.269 e. The maximum atomic E-state index is 11.0. The summed E-state index contributed by atoms with van der Waals surface area (Å²) in [6.07, 6.45) is -2.59. The van der Waals surface area contributed by atoms with Gasteiger partial charge in [0.15, 0.2) is 16.3 Å². The lowest BCUT2D eigenvalue weighted by Crippen LogP contribution is -2.47. The summed E-state index contributed by atoms with van der Waals surface area (Å²) >= 11 is 5.19. The van der Waals surface area contributed by atoms with Crippen LogP contribution in [0.2, 0.25) is 0 Å². The number of nitro benzene ring substituents is 1. The van der Waals surface area contributed by atoms with Crippen LogP contribution in [0.1, 0.15) is 5.56 Å². The number of rotatable bonds is 5. The van der Waals surface area contributed by atoms with Gasteiger partial charge in [0.1, 0.15) is 29.5 Å². The highest BCUT2D eigenvalue weighted by atomic mass is 32.1. The summed E-state index contributed by atoms with van der Waals surface area (Å²) < 4.78 is 7.54. The number of ether oxygens (including phenoxy) is 1. The lowest BCUT2D eigenvalue weighted by atomic mass is 9.94. The summed E-state index contributed by atoms with van der Waals surface area (Å²) in [5, 5.41) is 41.9. The van der Waals surface area contributed by atoms with E-state index >= 15 is 0 Å². The lowest BCUT2D eigenvalue weighted by molar-refractivity contribution is -0.384. The summed E-state index contributed by atoms with van der Waals surface area (Å²) in [6.45, 7) is -0.535. The molecule has 4 atom stereocenters. The summed E-state index contributed by atoms with van der Waals surface area (Å²) in [5.74, 6) is 0.0199. The molecule has 0 bridgehead atoms. The highest BCUT2D eigenvalue weighted by Crippen LogP contribution is 2.40. The summed E-state index contributed by atoms with van der Waals surface area (Å²) in [7, 11) is 0. The Bertz CT molecular complexity index is 1160. The van der Waals surface area contributed by atoms with Crippen LogP contribution in [0.5, 0.6) is 0 Å². The molecule has 1 aliphatic rings. The summed E-state index contributed by atoms with van der Waals surface area (Å²) in [5.41, 5.74) is 5.26. The first kappa shape index (κ1) is 20.3. The van der Waals surface area contributed by atoms with E-state index in [-0.39, 0.29) is 22.7 Å². The second-order valence-corrected chi connectivity index (χ2v) is 7.35. The van der Waals surface area contributed by atoms with Gasteiger partial charge in [-0.3, -0.25) is 14.7 Å². The minimum Gasteiger partial charge on any atom is -0.394 e. The number of nitrogens with two attached hydrogens (primary N) is 1. The number of hydrogen-bond acceptors (Lipinski definition) is 10. The van der Waals surface area contributed by atoms with Gasteiger partial charge in [0.05, 0.1) is 17.9 Å². The molecule has 0 aliphatic carbocycles. The Hall–Kier alpha value is -2.97. The van der Waals surface area contributed by atoms with Crippen LogP contribution < -0.4 is 5.73 Å². The van der Waals surface area contributed by atoms with Crippen LogP contribution in [0, 0.1) is 14.8 Å². The molecule has 0 unspecified atom stereocenters. The molecule has 1 saturated heterocycles. The van der Waals surface area contributed by atoms with Crippen LogP contribution in [0.25, 0.3) is 11.2 Å². The largest absolute Gasteiger partial charge is 0.394 e. The minimum atomic E-state index is -1.61. The van der Waals surface area contributed by atoms with Crippen molar-refractivity contribution in [2.75, 3.05) is 12.3 Å². The maximum absolute atomic E-state index is 11.0. The summed E-state index contributed by atoms with van der Waals surface area (Å²) in [4.78, 5) is 21.4. The third kappa shape index (κ3) is 3.12. The van der Waals surface area contributed by atoms with Crippen molar-refractivity contribution in [2.24, 2.45) is 0 Å². The molecule has 1 fully saturated rings. The number of aromatic nitrogens is 4. The molecule has 2 aromatic heterocycles. The number of H-pyrrole nitrogens is 1. The number of nitrogens with one attached hydrogen (secondary N) is 1. The zero-order valence-electron chi connectivity index (χ0n) is 15.4. The Morgan fingerprint density at radius 3 is 2.67 bits per heavy atom. The van der Waals surface area contributed by atoms with Gasteiger partial charge in [-0.1, -0.05) is 24.4 Å². The Labute approximate surface area is 173 Å². The standard InChI is InChI=1S/C17H18N6O6S/c18-16-20-14-11(15(30)21-16)19-7-22(14)17(13(26)12(25)10(6-24)29-17)5-8-1-3-9(4-2-8)23(27)28/h1-4,7,10,12-13,24-26H,5-6H2,(H3,18,20,21,30)/t10-,12-,13-,17-/m1/s1. The van der Waals surface area contributed by atoms with Crippen molar-refractivity contribution < 1.29 is 25.0 Å². The molecule has 0 saturated carbocycles. The van der Waals surface area contributed by atoms with Gasteiger partial charge in [-0.2, -0.15) is 0 Å². The topological polar surface area (TPSA) is 186 Å². The van der Waals surface area contributed by atoms with Crippen molar-refractivity contribution in [2.45, 2.75) is 30.5 Å². The fourth-order valence-electron chi connectivity index (χ4n) is 3.70.